The fraction of sp³-hybridized carbons (Fsp3) is 0.286. The predicted octanol–water partition coefficient (Wildman–Crippen LogP) is 2.30. The van der Waals surface area contributed by atoms with Crippen LogP contribution in [-0.4, -0.2) is 11.2 Å². The van der Waals surface area contributed by atoms with Crippen molar-refractivity contribution >= 4 is 11.6 Å². The van der Waals surface area contributed by atoms with Crippen molar-refractivity contribution < 1.29 is 13.2 Å². The molecular formula is C7H6ClF3N2. The summed E-state index contributed by atoms with van der Waals surface area (Å²) in [6.07, 6.45) is -3.19. The number of rotatable bonds is 1. The van der Waals surface area contributed by atoms with Gasteiger partial charge in [0, 0.05) is 11.8 Å². The first kappa shape index (κ1) is 10.3. The van der Waals surface area contributed by atoms with E-state index in [2.05, 4.69) is 4.98 Å². The van der Waals surface area contributed by atoms with Gasteiger partial charge in [-0.25, -0.2) is 4.98 Å². The van der Waals surface area contributed by atoms with E-state index in [0.29, 0.717) is 0 Å². The van der Waals surface area contributed by atoms with Gasteiger partial charge in [-0.05, 0) is 6.07 Å². The SMILES string of the molecule is N[C@H](c1cccnc1Cl)C(F)(F)F. The number of hydrogen-bond acceptors (Lipinski definition) is 2. The molecule has 0 amide bonds. The molecular weight excluding hydrogens is 205 g/mol. The normalized spacial score (nSPS) is 14.2. The molecule has 2 nitrogen and oxygen atoms in total. The van der Waals surface area contributed by atoms with Crippen molar-refractivity contribution in [2.45, 2.75) is 12.2 Å². The Bertz CT molecular complexity index is 300. The molecule has 0 fully saturated rings. The molecule has 6 heteroatoms. The fourth-order valence-corrected chi connectivity index (χ4v) is 1.04. The molecule has 0 bridgehead atoms. The second-order valence-electron chi connectivity index (χ2n) is 2.40. The first-order valence-electron chi connectivity index (χ1n) is 3.35. The summed E-state index contributed by atoms with van der Waals surface area (Å²) in [4.78, 5) is 3.50. The number of nitrogens with zero attached hydrogens (tertiary/aromatic N) is 1. The number of nitrogens with two attached hydrogens (primary N) is 1. The zero-order valence-corrected chi connectivity index (χ0v) is 7.10. The zero-order chi connectivity index (χ0) is 10.1. The number of aromatic nitrogens is 1. The molecule has 72 valence electrons. The minimum Gasteiger partial charge on any atom is -0.316 e. The Morgan fingerprint density at radius 3 is 2.54 bits per heavy atom. The summed E-state index contributed by atoms with van der Waals surface area (Å²) in [6.45, 7) is 0. The molecule has 2 N–H and O–H groups in total. The largest absolute Gasteiger partial charge is 0.407 e. The van der Waals surface area contributed by atoms with Crippen molar-refractivity contribution in [3.63, 3.8) is 0 Å². The highest BCUT2D eigenvalue weighted by Crippen LogP contribution is 2.32. The van der Waals surface area contributed by atoms with Crippen LogP contribution in [0.15, 0.2) is 18.3 Å². The first-order valence-corrected chi connectivity index (χ1v) is 3.73. The molecule has 0 saturated carbocycles. The van der Waals surface area contributed by atoms with Gasteiger partial charge in [-0.1, -0.05) is 17.7 Å². The zero-order valence-electron chi connectivity index (χ0n) is 6.35. The third-order valence-electron chi connectivity index (χ3n) is 1.48. The molecule has 0 aliphatic carbocycles. The van der Waals surface area contributed by atoms with E-state index in [-0.39, 0.29) is 10.7 Å². The predicted molar refractivity (Wildman–Crippen MR) is 42.2 cm³/mol. The standard InChI is InChI=1S/C7H6ClF3N2/c8-6-4(2-1-3-13-6)5(12)7(9,10)11/h1-3,5H,12H2/t5-/m1/s1. The second-order valence-corrected chi connectivity index (χ2v) is 2.76. The van der Waals surface area contributed by atoms with Crippen molar-refractivity contribution in [3.8, 4) is 0 Å². The Labute approximate surface area is 77.5 Å². The average Bonchev–Trinajstić information content (AvgIpc) is 2.02. The van der Waals surface area contributed by atoms with Crippen LogP contribution in [0.2, 0.25) is 5.15 Å². The van der Waals surface area contributed by atoms with Crippen molar-refractivity contribution in [2.75, 3.05) is 0 Å². The van der Waals surface area contributed by atoms with Gasteiger partial charge in [0.15, 0.2) is 0 Å². The van der Waals surface area contributed by atoms with E-state index in [9.17, 15) is 13.2 Å². The van der Waals surface area contributed by atoms with E-state index in [1.165, 1.54) is 18.3 Å². The molecule has 1 heterocycles. The van der Waals surface area contributed by atoms with Gasteiger partial charge in [0.2, 0.25) is 0 Å². The second kappa shape index (κ2) is 3.51. The van der Waals surface area contributed by atoms with Crippen LogP contribution in [0.5, 0.6) is 0 Å². The molecule has 1 aromatic rings. The highest BCUT2D eigenvalue weighted by Gasteiger charge is 2.39. The minimum absolute atomic E-state index is 0.211. The van der Waals surface area contributed by atoms with E-state index >= 15 is 0 Å². The lowest BCUT2D eigenvalue weighted by Crippen LogP contribution is -2.28. The summed E-state index contributed by atoms with van der Waals surface area (Å²) in [5, 5.41) is -0.215. The Kier molecular flexibility index (Phi) is 2.77. The number of alkyl halides is 3. The highest BCUT2D eigenvalue weighted by molar-refractivity contribution is 6.30. The van der Waals surface area contributed by atoms with Crippen LogP contribution in [0.25, 0.3) is 0 Å². The fourth-order valence-electron chi connectivity index (χ4n) is 0.807. The van der Waals surface area contributed by atoms with Gasteiger partial charge in [-0.15, -0.1) is 0 Å². The van der Waals surface area contributed by atoms with Crippen LogP contribution in [0.4, 0.5) is 13.2 Å². The first-order chi connectivity index (χ1) is 5.93. The maximum absolute atomic E-state index is 12.1. The van der Waals surface area contributed by atoms with Gasteiger partial charge in [0.05, 0.1) is 0 Å². The monoisotopic (exact) mass is 210 g/mol. The van der Waals surface area contributed by atoms with E-state index in [1.54, 1.807) is 0 Å². The summed E-state index contributed by atoms with van der Waals surface area (Å²) in [7, 11) is 0. The molecule has 0 unspecified atom stereocenters. The average molecular weight is 211 g/mol. The molecule has 13 heavy (non-hydrogen) atoms. The number of hydrogen-bond donors (Lipinski definition) is 1. The number of halogens is 4. The van der Waals surface area contributed by atoms with Crippen LogP contribution >= 0.6 is 11.6 Å². The van der Waals surface area contributed by atoms with E-state index in [0.717, 1.165) is 0 Å². The quantitative estimate of drug-likeness (QED) is 0.723. The molecule has 0 aliphatic rings. The third-order valence-corrected chi connectivity index (χ3v) is 1.79. The van der Waals surface area contributed by atoms with Crippen molar-refractivity contribution in [2.24, 2.45) is 5.73 Å². The Hall–Kier alpha value is -0.810. The van der Waals surface area contributed by atoms with Crippen molar-refractivity contribution in [3.05, 3.63) is 29.0 Å². The summed E-state index contributed by atoms with van der Waals surface area (Å²) in [6, 6.07) is 0.481. The van der Waals surface area contributed by atoms with E-state index in [4.69, 9.17) is 17.3 Å². The van der Waals surface area contributed by atoms with Crippen LogP contribution in [-0.2, 0) is 0 Å². The van der Waals surface area contributed by atoms with Gasteiger partial charge in [0.25, 0.3) is 0 Å². The van der Waals surface area contributed by atoms with Gasteiger partial charge in [0.1, 0.15) is 11.2 Å². The molecule has 1 aromatic heterocycles. The van der Waals surface area contributed by atoms with Crippen LogP contribution in [0.1, 0.15) is 11.6 Å². The lowest BCUT2D eigenvalue weighted by Gasteiger charge is -2.15. The summed E-state index contributed by atoms with van der Waals surface area (Å²) < 4.78 is 36.3. The van der Waals surface area contributed by atoms with Crippen LogP contribution in [0.3, 0.4) is 0 Å². The summed E-state index contributed by atoms with van der Waals surface area (Å²) in [5.74, 6) is 0. The molecule has 0 saturated heterocycles. The highest BCUT2D eigenvalue weighted by atomic mass is 35.5. The minimum atomic E-state index is -4.49. The summed E-state index contributed by atoms with van der Waals surface area (Å²) in [5.41, 5.74) is 4.71. The molecule has 1 rings (SSSR count). The van der Waals surface area contributed by atoms with Crippen LogP contribution < -0.4 is 5.73 Å². The topological polar surface area (TPSA) is 38.9 Å². The Morgan fingerprint density at radius 1 is 1.46 bits per heavy atom. The maximum Gasteiger partial charge on any atom is 0.407 e. The molecule has 0 aliphatic heterocycles. The van der Waals surface area contributed by atoms with Gasteiger partial charge in [-0.3, -0.25) is 0 Å². The molecule has 1 atom stereocenters. The van der Waals surface area contributed by atoms with Crippen molar-refractivity contribution in [1.29, 1.82) is 0 Å². The molecule has 0 spiro atoms. The smallest absolute Gasteiger partial charge is 0.316 e. The van der Waals surface area contributed by atoms with Crippen molar-refractivity contribution in [1.82, 2.24) is 4.98 Å². The molecule has 0 radical (unpaired) electrons. The van der Waals surface area contributed by atoms with E-state index < -0.39 is 12.2 Å². The Morgan fingerprint density at radius 2 is 2.08 bits per heavy atom. The lowest BCUT2D eigenvalue weighted by atomic mass is 10.1. The maximum atomic E-state index is 12.1. The number of pyridine rings is 1. The third kappa shape index (κ3) is 2.32. The van der Waals surface area contributed by atoms with Gasteiger partial charge in [-0.2, -0.15) is 13.2 Å². The lowest BCUT2D eigenvalue weighted by molar-refractivity contribution is -0.149. The van der Waals surface area contributed by atoms with Gasteiger partial charge < -0.3 is 5.73 Å². The Balaban J connectivity index is 3.02. The molecule has 0 aromatic carbocycles. The summed E-state index contributed by atoms with van der Waals surface area (Å²) >= 11 is 5.43. The van der Waals surface area contributed by atoms with Crippen LogP contribution in [0, 0.1) is 0 Å². The van der Waals surface area contributed by atoms with E-state index in [1.807, 2.05) is 0 Å². The van der Waals surface area contributed by atoms with Gasteiger partial charge >= 0.3 is 6.18 Å².